The molecule has 3 nitrogen and oxygen atoms in total. The number of carbonyl (C=O) groups is 1. The van der Waals surface area contributed by atoms with E-state index in [2.05, 4.69) is 24.3 Å². The van der Waals surface area contributed by atoms with Gasteiger partial charge in [-0.15, -0.1) is 0 Å². The van der Waals surface area contributed by atoms with E-state index in [1.54, 1.807) is 12.1 Å². The van der Waals surface area contributed by atoms with Crippen LogP contribution >= 0.6 is 0 Å². The maximum atomic E-state index is 11.8. The molecule has 0 heterocycles. The van der Waals surface area contributed by atoms with Crippen molar-refractivity contribution in [3.8, 4) is 11.1 Å². The van der Waals surface area contributed by atoms with Gasteiger partial charge in [-0.1, -0.05) is 42.5 Å². The molecule has 4 fully saturated rings. The van der Waals surface area contributed by atoms with Crippen LogP contribution in [0.15, 0.2) is 54.6 Å². The maximum Gasteiger partial charge on any atom is 0.336 e. The van der Waals surface area contributed by atoms with Crippen molar-refractivity contribution in [1.29, 1.82) is 0 Å². The van der Waals surface area contributed by atoms with Crippen LogP contribution in [0.5, 0.6) is 0 Å². The second kappa shape index (κ2) is 7.45. The van der Waals surface area contributed by atoms with Crippen molar-refractivity contribution in [2.45, 2.75) is 50.4 Å². The van der Waals surface area contributed by atoms with Crippen LogP contribution in [-0.4, -0.2) is 22.8 Å². The van der Waals surface area contributed by atoms with Crippen molar-refractivity contribution in [3.63, 3.8) is 0 Å². The smallest absolute Gasteiger partial charge is 0.336 e. The molecule has 32 heavy (non-hydrogen) atoms. The Bertz CT molecular complexity index is 1170. The average Bonchev–Trinajstić information content (AvgIpc) is 2.77. The number of fused-ring (bicyclic) bond motifs is 1. The third-order valence-electron chi connectivity index (χ3n) is 8.52. The minimum atomic E-state index is -0.895. The maximum absolute atomic E-state index is 11.8. The fourth-order valence-electron chi connectivity index (χ4n) is 7.70. The van der Waals surface area contributed by atoms with Gasteiger partial charge < -0.3 is 10.2 Å². The van der Waals surface area contributed by atoms with Crippen LogP contribution < -0.4 is 0 Å². The lowest BCUT2D eigenvalue weighted by Gasteiger charge is -2.57. The molecule has 0 aromatic heterocycles. The van der Waals surface area contributed by atoms with Crippen LogP contribution in [0.3, 0.4) is 0 Å². The highest BCUT2D eigenvalue weighted by molar-refractivity contribution is 5.98. The molecule has 0 saturated heterocycles. The molecule has 164 valence electrons. The summed E-state index contributed by atoms with van der Waals surface area (Å²) in [6.07, 6.45) is 8.84. The Kier molecular flexibility index (Phi) is 4.65. The van der Waals surface area contributed by atoms with Gasteiger partial charge in [-0.25, -0.2) is 4.79 Å². The molecule has 3 aromatic carbocycles. The van der Waals surface area contributed by atoms with E-state index in [9.17, 15) is 15.0 Å². The number of aromatic carboxylic acids is 1. The lowest BCUT2D eigenvalue weighted by molar-refractivity contribution is -0.00557. The van der Waals surface area contributed by atoms with Crippen LogP contribution in [0, 0.1) is 17.8 Å². The first-order valence-electron chi connectivity index (χ1n) is 12.1. The van der Waals surface area contributed by atoms with Gasteiger partial charge in [0.1, 0.15) is 0 Å². The largest absolute Gasteiger partial charge is 0.478 e. The molecule has 0 spiro atoms. The number of benzene rings is 3. The number of hydrogen-bond donors (Lipinski definition) is 2. The van der Waals surface area contributed by atoms with Crippen molar-refractivity contribution in [3.05, 3.63) is 71.3 Å². The number of aliphatic hydroxyl groups is 1. The van der Waals surface area contributed by atoms with Gasteiger partial charge in [0, 0.05) is 6.61 Å². The van der Waals surface area contributed by atoms with Crippen LogP contribution in [0.2, 0.25) is 0 Å². The van der Waals surface area contributed by atoms with Crippen LogP contribution in [0.25, 0.3) is 21.9 Å². The van der Waals surface area contributed by atoms with E-state index in [1.165, 1.54) is 60.4 Å². The zero-order valence-electron chi connectivity index (χ0n) is 18.4. The highest BCUT2D eigenvalue weighted by Gasteiger charge is 2.52. The van der Waals surface area contributed by atoms with E-state index in [0.717, 1.165) is 28.9 Å². The SMILES string of the molecule is O=C(O)c1ccccc1-c1ccc2cc(CCO)c(C34CC5CC(CC(C5)C3)C4)cc2c1. The predicted octanol–water partition coefficient (Wildman–Crippen LogP) is 6.21. The van der Waals surface area contributed by atoms with Gasteiger partial charge in [0.25, 0.3) is 0 Å². The monoisotopic (exact) mass is 426 g/mol. The first-order chi connectivity index (χ1) is 15.5. The lowest BCUT2D eigenvalue weighted by Crippen LogP contribution is -2.49. The number of hydrogen-bond acceptors (Lipinski definition) is 2. The van der Waals surface area contributed by atoms with Crippen molar-refractivity contribution >= 4 is 16.7 Å². The molecule has 4 aliphatic carbocycles. The summed E-state index contributed by atoms with van der Waals surface area (Å²) in [6, 6.07) is 18.2. The zero-order chi connectivity index (χ0) is 21.9. The topological polar surface area (TPSA) is 57.5 Å². The normalized spacial score (nSPS) is 28.3. The van der Waals surface area contributed by atoms with Gasteiger partial charge in [-0.2, -0.15) is 0 Å². The molecule has 0 radical (unpaired) electrons. The molecule has 4 bridgehead atoms. The molecule has 7 rings (SSSR count). The molecule has 0 aliphatic heterocycles. The molecule has 0 amide bonds. The summed E-state index contributed by atoms with van der Waals surface area (Å²) >= 11 is 0. The summed E-state index contributed by atoms with van der Waals surface area (Å²) in [6.45, 7) is 0.176. The van der Waals surface area contributed by atoms with Gasteiger partial charge in [0.05, 0.1) is 5.56 Å². The molecule has 0 unspecified atom stereocenters. The third kappa shape index (κ3) is 3.17. The Morgan fingerprint density at radius 3 is 2.22 bits per heavy atom. The van der Waals surface area contributed by atoms with Gasteiger partial charge >= 0.3 is 5.97 Å². The van der Waals surface area contributed by atoms with E-state index in [-0.39, 0.29) is 12.0 Å². The Labute approximate surface area is 189 Å². The van der Waals surface area contributed by atoms with E-state index in [1.807, 2.05) is 18.2 Å². The first kappa shape index (κ1) is 20.0. The number of carboxylic acids is 1. The highest BCUT2D eigenvalue weighted by Crippen LogP contribution is 2.61. The number of rotatable bonds is 5. The van der Waals surface area contributed by atoms with E-state index in [4.69, 9.17) is 0 Å². The minimum absolute atomic E-state index is 0.176. The number of carboxylic acid groups (broad SMARTS) is 1. The Hall–Kier alpha value is -2.65. The summed E-state index contributed by atoms with van der Waals surface area (Å²) in [4.78, 5) is 11.8. The Morgan fingerprint density at radius 1 is 0.875 bits per heavy atom. The summed E-state index contributed by atoms with van der Waals surface area (Å²) < 4.78 is 0. The van der Waals surface area contributed by atoms with Gasteiger partial charge in [0.2, 0.25) is 0 Å². The third-order valence-corrected chi connectivity index (χ3v) is 8.52. The molecule has 4 aliphatic rings. The van der Waals surface area contributed by atoms with E-state index < -0.39 is 5.97 Å². The lowest BCUT2D eigenvalue weighted by atomic mass is 9.47. The van der Waals surface area contributed by atoms with Crippen LogP contribution in [0.1, 0.15) is 60.0 Å². The Morgan fingerprint density at radius 2 is 1.56 bits per heavy atom. The quantitative estimate of drug-likeness (QED) is 0.510. The standard InChI is InChI=1S/C29H30O3/c30-8-7-23-12-21-5-6-22(25-3-1-2-4-26(25)28(31)32)13-24(21)14-27(23)29-15-18-9-19(16-29)11-20(10-18)17-29/h1-6,12-14,18-20,30H,7-11,15-17H2,(H,31,32). The van der Waals surface area contributed by atoms with Crippen molar-refractivity contribution in [2.24, 2.45) is 17.8 Å². The van der Waals surface area contributed by atoms with E-state index >= 15 is 0 Å². The summed E-state index contributed by atoms with van der Waals surface area (Å²) in [5.41, 5.74) is 5.08. The molecular weight excluding hydrogens is 396 g/mol. The van der Waals surface area contributed by atoms with Crippen molar-refractivity contribution in [1.82, 2.24) is 0 Å². The molecule has 4 saturated carbocycles. The van der Waals surface area contributed by atoms with Gasteiger partial charge in [-0.3, -0.25) is 0 Å². The summed E-state index contributed by atoms with van der Waals surface area (Å²) in [5, 5.41) is 21.8. The predicted molar refractivity (Wildman–Crippen MR) is 127 cm³/mol. The second-order valence-electron chi connectivity index (χ2n) is 10.6. The molecule has 3 heteroatoms. The molecule has 2 N–H and O–H groups in total. The molecular formula is C29H30O3. The average molecular weight is 427 g/mol. The minimum Gasteiger partial charge on any atom is -0.478 e. The van der Waals surface area contributed by atoms with Crippen LogP contribution in [0.4, 0.5) is 0 Å². The van der Waals surface area contributed by atoms with Crippen molar-refractivity contribution in [2.75, 3.05) is 6.61 Å². The molecule has 0 atom stereocenters. The highest BCUT2D eigenvalue weighted by atomic mass is 16.4. The Balaban J connectivity index is 1.50. The number of aliphatic hydroxyl groups excluding tert-OH is 1. The second-order valence-corrected chi connectivity index (χ2v) is 10.6. The van der Waals surface area contributed by atoms with Gasteiger partial charge in [-0.05, 0) is 113 Å². The van der Waals surface area contributed by atoms with Crippen LogP contribution in [-0.2, 0) is 11.8 Å². The summed E-state index contributed by atoms with van der Waals surface area (Å²) in [5.74, 6) is 1.71. The van der Waals surface area contributed by atoms with E-state index in [0.29, 0.717) is 12.0 Å². The van der Waals surface area contributed by atoms with Crippen molar-refractivity contribution < 1.29 is 15.0 Å². The fourth-order valence-corrected chi connectivity index (χ4v) is 7.70. The first-order valence-corrected chi connectivity index (χ1v) is 12.1. The summed E-state index contributed by atoms with van der Waals surface area (Å²) in [7, 11) is 0. The van der Waals surface area contributed by atoms with Gasteiger partial charge in [0.15, 0.2) is 0 Å². The zero-order valence-corrected chi connectivity index (χ0v) is 18.4. The fraction of sp³-hybridized carbons (Fsp3) is 0.414. The molecule has 3 aromatic rings.